The fourth-order valence-corrected chi connectivity index (χ4v) is 3.49. The number of fused-ring (bicyclic) bond motifs is 1. The van der Waals surface area contributed by atoms with Gasteiger partial charge in [-0.1, -0.05) is 18.2 Å². The van der Waals surface area contributed by atoms with Crippen molar-refractivity contribution in [2.45, 2.75) is 26.3 Å². The molecule has 0 aliphatic heterocycles. The highest BCUT2D eigenvalue weighted by Crippen LogP contribution is 2.15. The lowest BCUT2D eigenvalue weighted by molar-refractivity contribution is -0.120. The number of rotatable bonds is 7. The normalized spacial score (nSPS) is 11.0. The molecule has 0 atom stereocenters. The van der Waals surface area contributed by atoms with Gasteiger partial charge in [0.1, 0.15) is 5.82 Å². The standard InChI is InChI=1S/C23H23N5O2/c1-16-19(23(30)27-22(26-16)18-7-4-10-24-15-18)14-21(29)25-11-5-12-28-13-9-17-6-2-3-8-20(17)28/h2-4,6-10,13,15H,5,11-12,14H2,1H3,(H,25,29)(H,26,27,30). The third-order valence-corrected chi connectivity index (χ3v) is 5.07. The van der Waals surface area contributed by atoms with Crippen LogP contribution in [0.1, 0.15) is 17.7 Å². The summed E-state index contributed by atoms with van der Waals surface area (Å²) >= 11 is 0. The molecule has 30 heavy (non-hydrogen) atoms. The second-order valence-corrected chi connectivity index (χ2v) is 7.17. The smallest absolute Gasteiger partial charge is 0.255 e. The molecule has 0 aliphatic carbocycles. The predicted octanol–water partition coefficient (Wildman–Crippen LogP) is 2.84. The largest absolute Gasteiger partial charge is 0.356 e. The van der Waals surface area contributed by atoms with Crippen molar-refractivity contribution in [2.75, 3.05) is 6.54 Å². The van der Waals surface area contributed by atoms with Crippen LogP contribution in [0.3, 0.4) is 0 Å². The van der Waals surface area contributed by atoms with E-state index < -0.39 is 0 Å². The minimum atomic E-state index is -0.296. The van der Waals surface area contributed by atoms with Crippen LogP contribution in [0.15, 0.2) is 65.8 Å². The molecule has 0 saturated carbocycles. The molecule has 0 bridgehead atoms. The number of amides is 1. The van der Waals surface area contributed by atoms with Crippen molar-refractivity contribution in [1.29, 1.82) is 0 Å². The first-order valence-corrected chi connectivity index (χ1v) is 9.92. The lowest BCUT2D eigenvalue weighted by atomic mass is 10.1. The lowest BCUT2D eigenvalue weighted by Gasteiger charge is -2.09. The van der Waals surface area contributed by atoms with E-state index in [1.807, 2.05) is 18.2 Å². The van der Waals surface area contributed by atoms with Crippen molar-refractivity contribution in [2.24, 2.45) is 0 Å². The zero-order valence-corrected chi connectivity index (χ0v) is 16.8. The Morgan fingerprint density at radius 2 is 2.03 bits per heavy atom. The van der Waals surface area contributed by atoms with E-state index in [4.69, 9.17) is 0 Å². The van der Waals surface area contributed by atoms with E-state index in [1.165, 1.54) is 10.9 Å². The van der Waals surface area contributed by atoms with E-state index in [9.17, 15) is 9.59 Å². The van der Waals surface area contributed by atoms with Crippen LogP contribution in [-0.4, -0.2) is 32.0 Å². The molecule has 2 N–H and O–H groups in total. The lowest BCUT2D eigenvalue weighted by Crippen LogP contribution is -2.30. The average molecular weight is 401 g/mol. The minimum absolute atomic E-state index is 0.00787. The van der Waals surface area contributed by atoms with Crippen molar-refractivity contribution >= 4 is 16.8 Å². The average Bonchev–Trinajstić information content (AvgIpc) is 3.17. The molecule has 3 heterocycles. The van der Waals surface area contributed by atoms with E-state index in [-0.39, 0.29) is 17.9 Å². The molecule has 4 rings (SSSR count). The van der Waals surface area contributed by atoms with Crippen molar-refractivity contribution in [3.8, 4) is 11.4 Å². The fourth-order valence-electron chi connectivity index (χ4n) is 3.49. The van der Waals surface area contributed by atoms with E-state index in [1.54, 1.807) is 25.4 Å². The Kier molecular flexibility index (Phi) is 5.70. The molecule has 0 fully saturated rings. The summed E-state index contributed by atoms with van der Waals surface area (Å²) in [4.78, 5) is 36.0. The van der Waals surface area contributed by atoms with Gasteiger partial charge in [0.25, 0.3) is 5.56 Å². The summed E-state index contributed by atoms with van der Waals surface area (Å²) in [7, 11) is 0. The van der Waals surface area contributed by atoms with Gasteiger partial charge < -0.3 is 14.9 Å². The summed E-state index contributed by atoms with van der Waals surface area (Å²) in [5.74, 6) is 0.269. The van der Waals surface area contributed by atoms with Crippen LogP contribution in [0.25, 0.3) is 22.3 Å². The number of hydrogen-bond acceptors (Lipinski definition) is 4. The highest BCUT2D eigenvalue weighted by Gasteiger charge is 2.13. The van der Waals surface area contributed by atoms with Gasteiger partial charge in [0.2, 0.25) is 5.91 Å². The molecule has 7 heteroatoms. The maximum atomic E-state index is 12.5. The van der Waals surface area contributed by atoms with Gasteiger partial charge in [0, 0.05) is 54.0 Å². The Hall–Kier alpha value is -3.74. The number of benzene rings is 1. The van der Waals surface area contributed by atoms with Gasteiger partial charge in [-0.05, 0) is 43.0 Å². The predicted molar refractivity (Wildman–Crippen MR) is 116 cm³/mol. The maximum absolute atomic E-state index is 12.5. The van der Waals surface area contributed by atoms with E-state index in [2.05, 4.69) is 49.2 Å². The van der Waals surface area contributed by atoms with Crippen molar-refractivity contribution in [3.05, 3.63) is 82.7 Å². The second-order valence-electron chi connectivity index (χ2n) is 7.17. The molecule has 1 aromatic carbocycles. The van der Waals surface area contributed by atoms with Crippen LogP contribution in [0, 0.1) is 6.92 Å². The molecule has 7 nitrogen and oxygen atoms in total. The number of nitrogens with zero attached hydrogens (tertiary/aromatic N) is 3. The number of carbonyl (C=O) groups is 1. The number of nitrogens with one attached hydrogen (secondary N) is 2. The van der Waals surface area contributed by atoms with Gasteiger partial charge in [0.05, 0.1) is 6.42 Å². The zero-order valence-electron chi connectivity index (χ0n) is 16.8. The Labute approximate surface area is 173 Å². The number of H-pyrrole nitrogens is 1. The summed E-state index contributed by atoms with van der Waals surface area (Å²) in [6.45, 7) is 3.10. The van der Waals surface area contributed by atoms with Gasteiger partial charge in [-0.25, -0.2) is 4.98 Å². The molecule has 3 aromatic heterocycles. The summed E-state index contributed by atoms with van der Waals surface area (Å²) < 4.78 is 2.18. The molecule has 4 aromatic rings. The molecular formula is C23H23N5O2. The molecule has 0 radical (unpaired) electrons. The third kappa shape index (κ3) is 4.30. The van der Waals surface area contributed by atoms with E-state index >= 15 is 0 Å². The number of aromatic nitrogens is 4. The van der Waals surface area contributed by atoms with Crippen molar-refractivity contribution in [3.63, 3.8) is 0 Å². The Morgan fingerprint density at radius 1 is 1.17 bits per heavy atom. The summed E-state index contributed by atoms with van der Waals surface area (Å²) in [6, 6.07) is 13.9. The van der Waals surface area contributed by atoms with Gasteiger partial charge in [-0.3, -0.25) is 14.6 Å². The molecule has 0 spiro atoms. The Bertz CT molecular complexity index is 1230. The topological polar surface area (TPSA) is 92.7 Å². The second kappa shape index (κ2) is 8.73. The monoisotopic (exact) mass is 401 g/mol. The molecule has 0 aliphatic rings. The summed E-state index contributed by atoms with van der Waals surface area (Å²) in [5.41, 5.74) is 2.55. The van der Waals surface area contributed by atoms with Crippen LogP contribution < -0.4 is 10.9 Å². The summed E-state index contributed by atoms with van der Waals surface area (Å²) in [6.07, 6.45) is 6.17. The summed E-state index contributed by atoms with van der Waals surface area (Å²) in [5, 5.41) is 4.11. The molecule has 0 saturated heterocycles. The Morgan fingerprint density at radius 3 is 2.83 bits per heavy atom. The molecular weight excluding hydrogens is 378 g/mol. The number of hydrogen-bond donors (Lipinski definition) is 2. The van der Waals surface area contributed by atoms with Gasteiger partial charge in [-0.2, -0.15) is 0 Å². The van der Waals surface area contributed by atoms with Gasteiger partial charge in [-0.15, -0.1) is 0 Å². The SMILES string of the molecule is Cc1nc(-c2cccnc2)[nH]c(=O)c1CC(=O)NCCCn1ccc2ccccc21. The Balaban J connectivity index is 1.33. The zero-order chi connectivity index (χ0) is 20.9. The van der Waals surface area contributed by atoms with Crippen LogP contribution in [0.2, 0.25) is 0 Å². The number of aryl methyl sites for hydroxylation is 2. The molecule has 0 unspecified atom stereocenters. The van der Waals surface area contributed by atoms with Crippen LogP contribution in [-0.2, 0) is 17.8 Å². The first-order chi connectivity index (χ1) is 14.6. The molecule has 152 valence electrons. The first-order valence-electron chi connectivity index (χ1n) is 9.92. The van der Waals surface area contributed by atoms with E-state index in [0.29, 0.717) is 23.6 Å². The number of pyridine rings is 1. The van der Waals surface area contributed by atoms with Crippen LogP contribution in [0.5, 0.6) is 0 Å². The van der Waals surface area contributed by atoms with Crippen molar-refractivity contribution < 1.29 is 4.79 Å². The number of para-hydroxylation sites is 1. The van der Waals surface area contributed by atoms with Gasteiger partial charge in [0.15, 0.2) is 0 Å². The van der Waals surface area contributed by atoms with E-state index in [0.717, 1.165) is 18.5 Å². The fraction of sp³-hybridized carbons (Fsp3) is 0.217. The third-order valence-electron chi connectivity index (χ3n) is 5.07. The minimum Gasteiger partial charge on any atom is -0.356 e. The van der Waals surface area contributed by atoms with Crippen LogP contribution in [0.4, 0.5) is 0 Å². The van der Waals surface area contributed by atoms with Crippen molar-refractivity contribution in [1.82, 2.24) is 24.8 Å². The van der Waals surface area contributed by atoms with Gasteiger partial charge >= 0.3 is 0 Å². The van der Waals surface area contributed by atoms with Crippen LogP contribution >= 0.6 is 0 Å². The number of carbonyl (C=O) groups excluding carboxylic acids is 1. The highest BCUT2D eigenvalue weighted by atomic mass is 16.2. The maximum Gasteiger partial charge on any atom is 0.255 e. The first kappa shape index (κ1) is 19.6. The highest BCUT2D eigenvalue weighted by molar-refractivity contribution is 5.80. The molecule has 1 amide bonds. The number of aromatic amines is 1. The quantitative estimate of drug-likeness (QED) is 0.466.